The van der Waals surface area contributed by atoms with Crippen molar-refractivity contribution < 1.29 is 4.79 Å². The van der Waals surface area contributed by atoms with Gasteiger partial charge >= 0.3 is 6.03 Å². The monoisotopic (exact) mass is 366 g/mol. The number of anilines is 1. The van der Waals surface area contributed by atoms with Crippen LogP contribution in [0.1, 0.15) is 24.0 Å². The summed E-state index contributed by atoms with van der Waals surface area (Å²) in [5.41, 5.74) is 3.59. The lowest BCUT2D eigenvalue weighted by molar-refractivity contribution is 0.186. The predicted octanol–water partition coefficient (Wildman–Crippen LogP) is 3.22. The van der Waals surface area contributed by atoms with E-state index in [1.165, 1.54) is 5.56 Å². The second-order valence-corrected chi connectivity index (χ2v) is 7.43. The van der Waals surface area contributed by atoms with Crippen LogP contribution in [0.25, 0.3) is 0 Å². The molecule has 144 valence electrons. The van der Waals surface area contributed by atoms with Crippen molar-refractivity contribution in [1.29, 1.82) is 0 Å². The normalized spacial score (nSPS) is 15.3. The van der Waals surface area contributed by atoms with Crippen LogP contribution < -0.4 is 15.5 Å². The zero-order valence-corrected chi connectivity index (χ0v) is 16.3. The molecule has 0 atom stereocenters. The van der Waals surface area contributed by atoms with Gasteiger partial charge in [-0.05, 0) is 36.1 Å². The van der Waals surface area contributed by atoms with Crippen molar-refractivity contribution in [2.75, 3.05) is 32.1 Å². The summed E-state index contributed by atoms with van der Waals surface area (Å²) < 4.78 is 0. The van der Waals surface area contributed by atoms with E-state index in [0.717, 1.165) is 43.7 Å². The molecule has 0 aromatic heterocycles. The Labute approximate surface area is 162 Å². The molecule has 0 aliphatic carbocycles. The number of hydrogen-bond acceptors (Lipinski definition) is 3. The standard InChI is InChI=1S/C22H30N4O/c1-25(2)21-10-6-9-19(15-21)16-23-22(27)24-20-11-13-26(14-12-20)17-18-7-4-3-5-8-18/h3-10,15,20H,11-14,16-17H2,1-2H3,(H2,23,24,27). The van der Waals surface area contributed by atoms with Gasteiger partial charge in [-0.15, -0.1) is 0 Å². The molecule has 1 aliphatic heterocycles. The number of rotatable bonds is 6. The van der Waals surface area contributed by atoms with Crippen LogP contribution >= 0.6 is 0 Å². The number of nitrogens with one attached hydrogen (secondary N) is 2. The Morgan fingerprint density at radius 2 is 1.74 bits per heavy atom. The third kappa shape index (κ3) is 6.00. The smallest absolute Gasteiger partial charge is 0.315 e. The van der Waals surface area contributed by atoms with Gasteiger partial charge in [0.15, 0.2) is 0 Å². The van der Waals surface area contributed by atoms with Gasteiger partial charge < -0.3 is 15.5 Å². The molecule has 0 saturated carbocycles. The molecule has 5 heteroatoms. The first-order chi connectivity index (χ1) is 13.1. The number of piperidine rings is 1. The van der Waals surface area contributed by atoms with Crippen LogP contribution in [0, 0.1) is 0 Å². The average molecular weight is 367 g/mol. The lowest BCUT2D eigenvalue weighted by Crippen LogP contribution is -2.47. The van der Waals surface area contributed by atoms with Crippen molar-refractivity contribution in [3.63, 3.8) is 0 Å². The van der Waals surface area contributed by atoms with Gasteiger partial charge in [0.05, 0.1) is 0 Å². The quantitative estimate of drug-likeness (QED) is 0.825. The van der Waals surface area contributed by atoms with Crippen molar-refractivity contribution in [2.45, 2.75) is 32.0 Å². The zero-order chi connectivity index (χ0) is 19.1. The predicted molar refractivity (Wildman–Crippen MR) is 111 cm³/mol. The lowest BCUT2D eigenvalue weighted by Gasteiger charge is -2.32. The van der Waals surface area contributed by atoms with Crippen LogP contribution in [-0.2, 0) is 13.1 Å². The Morgan fingerprint density at radius 1 is 1.04 bits per heavy atom. The van der Waals surface area contributed by atoms with Gasteiger partial charge in [-0.25, -0.2) is 4.79 Å². The van der Waals surface area contributed by atoms with E-state index >= 15 is 0 Å². The number of carbonyl (C=O) groups excluding carboxylic acids is 1. The summed E-state index contributed by atoms with van der Waals surface area (Å²) in [6, 6.07) is 19.0. The fourth-order valence-electron chi connectivity index (χ4n) is 3.44. The van der Waals surface area contributed by atoms with Crippen molar-refractivity contribution in [2.24, 2.45) is 0 Å². The first-order valence-electron chi connectivity index (χ1n) is 9.67. The molecule has 27 heavy (non-hydrogen) atoms. The maximum atomic E-state index is 12.2. The Balaban J connectivity index is 1.39. The molecule has 0 radical (unpaired) electrons. The minimum absolute atomic E-state index is 0.0771. The summed E-state index contributed by atoms with van der Waals surface area (Å²) in [7, 11) is 4.03. The molecule has 0 spiro atoms. The maximum Gasteiger partial charge on any atom is 0.315 e. The van der Waals surface area contributed by atoms with E-state index in [0.29, 0.717) is 6.54 Å². The number of nitrogens with zero attached hydrogens (tertiary/aromatic N) is 2. The van der Waals surface area contributed by atoms with Crippen molar-refractivity contribution in [1.82, 2.24) is 15.5 Å². The number of hydrogen-bond donors (Lipinski definition) is 2. The fraction of sp³-hybridized carbons (Fsp3) is 0.409. The molecule has 2 amide bonds. The second-order valence-electron chi connectivity index (χ2n) is 7.43. The molecule has 2 aromatic carbocycles. The molecule has 5 nitrogen and oxygen atoms in total. The van der Waals surface area contributed by atoms with E-state index in [4.69, 9.17) is 0 Å². The average Bonchev–Trinajstić information content (AvgIpc) is 2.69. The van der Waals surface area contributed by atoms with Crippen LogP contribution in [-0.4, -0.2) is 44.2 Å². The zero-order valence-electron chi connectivity index (χ0n) is 16.3. The number of amides is 2. The molecule has 1 heterocycles. The van der Waals surface area contributed by atoms with Crippen molar-refractivity contribution in [3.8, 4) is 0 Å². The minimum Gasteiger partial charge on any atom is -0.378 e. The van der Waals surface area contributed by atoms with Gasteiger partial charge in [0.2, 0.25) is 0 Å². The van der Waals surface area contributed by atoms with E-state index < -0.39 is 0 Å². The second kappa shape index (κ2) is 9.42. The Kier molecular flexibility index (Phi) is 6.71. The highest BCUT2D eigenvalue weighted by Gasteiger charge is 2.20. The van der Waals surface area contributed by atoms with Gasteiger partial charge in [-0.3, -0.25) is 4.90 Å². The number of benzene rings is 2. The van der Waals surface area contributed by atoms with E-state index in [-0.39, 0.29) is 12.1 Å². The molecule has 0 bridgehead atoms. The first-order valence-corrected chi connectivity index (χ1v) is 9.67. The minimum atomic E-state index is -0.0771. The molecule has 0 unspecified atom stereocenters. The van der Waals surface area contributed by atoms with Gasteiger partial charge in [0.1, 0.15) is 0 Å². The highest BCUT2D eigenvalue weighted by Crippen LogP contribution is 2.15. The third-order valence-electron chi connectivity index (χ3n) is 5.05. The summed E-state index contributed by atoms with van der Waals surface area (Å²) in [4.78, 5) is 16.7. The highest BCUT2D eigenvalue weighted by molar-refractivity contribution is 5.74. The molecular weight excluding hydrogens is 336 g/mol. The van der Waals surface area contributed by atoms with Crippen LogP contribution in [0.4, 0.5) is 10.5 Å². The van der Waals surface area contributed by atoms with E-state index in [1.54, 1.807) is 0 Å². The molecule has 3 rings (SSSR count). The van der Waals surface area contributed by atoms with Crippen LogP contribution in [0.2, 0.25) is 0 Å². The summed E-state index contributed by atoms with van der Waals surface area (Å²) in [5.74, 6) is 0. The first kappa shape index (κ1) is 19.2. The number of carbonyl (C=O) groups is 1. The Morgan fingerprint density at radius 3 is 2.44 bits per heavy atom. The molecule has 1 saturated heterocycles. The summed E-state index contributed by atoms with van der Waals surface area (Å²) in [6.45, 7) is 3.57. The Bertz CT molecular complexity index is 724. The van der Waals surface area contributed by atoms with Crippen molar-refractivity contribution in [3.05, 3.63) is 65.7 Å². The van der Waals surface area contributed by atoms with Gasteiger partial charge in [-0.2, -0.15) is 0 Å². The number of urea groups is 1. The third-order valence-corrected chi connectivity index (χ3v) is 5.05. The van der Waals surface area contributed by atoms with Crippen LogP contribution in [0.3, 0.4) is 0 Å². The topological polar surface area (TPSA) is 47.6 Å². The van der Waals surface area contributed by atoms with Gasteiger partial charge in [-0.1, -0.05) is 42.5 Å². The molecule has 2 N–H and O–H groups in total. The summed E-state index contributed by atoms with van der Waals surface area (Å²) >= 11 is 0. The number of likely N-dealkylation sites (tertiary alicyclic amines) is 1. The maximum absolute atomic E-state index is 12.2. The van der Waals surface area contributed by atoms with E-state index in [2.05, 4.69) is 62.9 Å². The Hall–Kier alpha value is -2.53. The molecule has 1 aliphatic rings. The highest BCUT2D eigenvalue weighted by atomic mass is 16.2. The fourth-order valence-corrected chi connectivity index (χ4v) is 3.44. The van der Waals surface area contributed by atoms with Gasteiger partial charge in [0, 0.05) is 52.0 Å². The summed E-state index contributed by atoms with van der Waals surface area (Å²) in [6.07, 6.45) is 1.99. The van der Waals surface area contributed by atoms with Gasteiger partial charge in [0.25, 0.3) is 0 Å². The van der Waals surface area contributed by atoms with Crippen LogP contribution in [0.15, 0.2) is 54.6 Å². The van der Waals surface area contributed by atoms with Crippen LogP contribution in [0.5, 0.6) is 0 Å². The largest absolute Gasteiger partial charge is 0.378 e. The van der Waals surface area contributed by atoms with E-state index in [9.17, 15) is 4.79 Å². The van der Waals surface area contributed by atoms with E-state index in [1.807, 2.05) is 26.2 Å². The molecular formula is C22H30N4O. The lowest BCUT2D eigenvalue weighted by atomic mass is 10.0. The molecule has 1 fully saturated rings. The summed E-state index contributed by atoms with van der Waals surface area (Å²) in [5, 5.41) is 6.11. The van der Waals surface area contributed by atoms with Crippen molar-refractivity contribution >= 4 is 11.7 Å². The molecule has 2 aromatic rings. The SMILES string of the molecule is CN(C)c1cccc(CNC(=O)NC2CCN(Cc3ccccc3)CC2)c1.